The van der Waals surface area contributed by atoms with Crippen molar-refractivity contribution in [1.82, 2.24) is 9.88 Å². The van der Waals surface area contributed by atoms with Gasteiger partial charge in [0.1, 0.15) is 11.6 Å². The summed E-state index contributed by atoms with van der Waals surface area (Å²) >= 11 is 6.26. The summed E-state index contributed by atoms with van der Waals surface area (Å²) in [5.74, 6) is 1.02. The molecule has 2 aliphatic heterocycles. The number of piperidine rings is 1. The van der Waals surface area contributed by atoms with Crippen LogP contribution in [0.5, 0.6) is 5.75 Å². The van der Waals surface area contributed by atoms with Gasteiger partial charge in [-0.15, -0.1) is 0 Å². The average molecular weight is 485 g/mol. The number of aromatic nitrogens is 1. The van der Waals surface area contributed by atoms with Gasteiger partial charge in [0.25, 0.3) is 0 Å². The van der Waals surface area contributed by atoms with E-state index in [1.807, 2.05) is 16.8 Å². The van der Waals surface area contributed by atoms with Crippen LogP contribution in [0, 0.1) is 5.92 Å². The van der Waals surface area contributed by atoms with Crippen LogP contribution in [0.2, 0.25) is 0 Å². The number of ether oxygens (including phenoxy) is 2. The van der Waals surface area contributed by atoms with Gasteiger partial charge in [-0.1, -0.05) is 11.6 Å². The van der Waals surface area contributed by atoms with Gasteiger partial charge in [-0.3, -0.25) is 0 Å². The number of halogens is 4. The highest BCUT2D eigenvalue weighted by Gasteiger charge is 2.36. The van der Waals surface area contributed by atoms with Crippen molar-refractivity contribution >= 4 is 23.1 Å². The van der Waals surface area contributed by atoms with E-state index < -0.39 is 17.4 Å². The molecule has 10 heteroatoms. The number of methoxy groups -OCH3 is 1. The molecule has 0 spiro atoms. The van der Waals surface area contributed by atoms with Crippen LogP contribution in [-0.4, -0.2) is 49.3 Å². The quantitative estimate of drug-likeness (QED) is 0.421. The van der Waals surface area contributed by atoms with Crippen LogP contribution in [0.25, 0.3) is 0 Å². The van der Waals surface area contributed by atoms with E-state index in [-0.39, 0.29) is 12.4 Å². The number of alkyl halides is 4. The second kappa shape index (κ2) is 10.4. The Kier molecular flexibility index (Phi) is 7.51. The average Bonchev–Trinajstić information content (AvgIpc) is 3.20. The third kappa shape index (κ3) is 5.65. The monoisotopic (exact) mass is 484 g/mol. The number of hydrogen-bond acceptors (Lipinski definition) is 5. The highest BCUT2D eigenvalue weighted by atomic mass is 35.5. The van der Waals surface area contributed by atoms with Crippen molar-refractivity contribution in [2.45, 2.75) is 37.6 Å². The first-order valence-electron chi connectivity index (χ1n) is 11.1. The zero-order valence-corrected chi connectivity index (χ0v) is 19.2. The summed E-state index contributed by atoms with van der Waals surface area (Å²) in [6, 6.07) is 5.91. The normalized spacial score (nSPS) is 19.1. The van der Waals surface area contributed by atoms with E-state index in [1.165, 1.54) is 6.07 Å². The third-order valence-corrected chi connectivity index (χ3v) is 6.26. The minimum Gasteiger partial charge on any atom is -0.493 e. The maximum absolute atomic E-state index is 13.9. The summed E-state index contributed by atoms with van der Waals surface area (Å²) < 4.78 is 54.4. The van der Waals surface area contributed by atoms with Gasteiger partial charge in [-0.2, -0.15) is 13.2 Å². The molecule has 0 saturated carbocycles. The number of benzene rings is 1. The fourth-order valence-electron chi connectivity index (χ4n) is 4.29. The van der Waals surface area contributed by atoms with Crippen molar-refractivity contribution in [2.24, 2.45) is 10.9 Å². The Hall–Kier alpha value is -2.23. The van der Waals surface area contributed by atoms with Crippen LogP contribution in [0.1, 0.15) is 36.0 Å². The zero-order chi connectivity index (χ0) is 23.4. The minimum absolute atomic E-state index is 0.157. The summed E-state index contributed by atoms with van der Waals surface area (Å²) in [4.78, 5) is 4.38. The Morgan fingerprint density at radius 2 is 1.97 bits per heavy atom. The van der Waals surface area contributed by atoms with Gasteiger partial charge >= 0.3 is 6.18 Å². The summed E-state index contributed by atoms with van der Waals surface area (Å²) in [5.41, 5.74) is -0.162. The number of fused-ring (bicyclic) bond motifs is 1. The van der Waals surface area contributed by atoms with E-state index in [9.17, 15) is 13.2 Å². The minimum atomic E-state index is -4.55. The number of nitrogens with one attached hydrogen (secondary N) is 2. The lowest BCUT2D eigenvalue weighted by Crippen LogP contribution is -2.28. The maximum atomic E-state index is 13.9. The Morgan fingerprint density at radius 3 is 2.70 bits per heavy atom. The molecule has 1 saturated heterocycles. The second-order valence-electron chi connectivity index (χ2n) is 8.26. The van der Waals surface area contributed by atoms with Crippen molar-refractivity contribution in [3.05, 3.63) is 47.2 Å². The van der Waals surface area contributed by atoms with Crippen LogP contribution in [0.15, 0.2) is 35.5 Å². The predicted molar refractivity (Wildman–Crippen MR) is 122 cm³/mol. The number of anilines is 1. The molecule has 3 heterocycles. The van der Waals surface area contributed by atoms with E-state index in [1.54, 1.807) is 13.2 Å². The van der Waals surface area contributed by atoms with Gasteiger partial charge < -0.3 is 24.7 Å². The largest absolute Gasteiger partial charge is 0.493 e. The number of aliphatic imine (C=N–C) groups is 1. The molecule has 0 amide bonds. The van der Waals surface area contributed by atoms with Gasteiger partial charge in [0.2, 0.25) is 0 Å². The molecule has 4 rings (SSSR count). The third-order valence-electron chi connectivity index (χ3n) is 6.05. The van der Waals surface area contributed by atoms with Crippen LogP contribution in [0.3, 0.4) is 0 Å². The Bertz CT molecular complexity index is 987. The first kappa shape index (κ1) is 23.9. The number of hydrogen-bond donors (Lipinski definition) is 2. The standard InChI is InChI=1S/C23H28ClF3N4O2/c1-32-13-11-31-10-6-17-20(29-22(24)30-21(17)31)16-2-3-19(18(14-16)23(25,26)27)33-12-7-15-4-8-28-9-5-15/h2-3,6,10,14-15,22,28,30H,4-5,7-9,11-13H2,1H3. The van der Waals surface area contributed by atoms with Crippen molar-refractivity contribution in [2.75, 3.05) is 38.7 Å². The summed E-state index contributed by atoms with van der Waals surface area (Å²) in [7, 11) is 1.61. The molecule has 0 aliphatic carbocycles. The van der Waals surface area contributed by atoms with Gasteiger partial charge in [-0.05, 0) is 62.5 Å². The van der Waals surface area contributed by atoms with E-state index in [0.29, 0.717) is 41.7 Å². The van der Waals surface area contributed by atoms with Gasteiger partial charge in [0, 0.05) is 31.0 Å². The van der Waals surface area contributed by atoms with Gasteiger partial charge in [0.05, 0.1) is 24.5 Å². The molecule has 2 aliphatic rings. The van der Waals surface area contributed by atoms with E-state index >= 15 is 0 Å². The van der Waals surface area contributed by atoms with Crippen LogP contribution in [0.4, 0.5) is 19.0 Å². The molecule has 1 unspecified atom stereocenters. The van der Waals surface area contributed by atoms with Crippen LogP contribution >= 0.6 is 11.6 Å². The number of rotatable bonds is 8. The molecule has 2 N–H and O–H groups in total. The lowest BCUT2D eigenvalue weighted by molar-refractivity contribution is -0.139. The molecule has 2 aromatic rings. The molecule has 0 radical (unpaired) electrons. The molecule has 180 valence electrons. The van der Waals surface area contributed by atoms with Gasteiger partial charge in [0.15, 0.2) is 5.62 Å². The first-order valence-corrected chi connectivity index (χ1v) is 11.5. The van der Waals surface area contributed by atoms with Crippen molar-refractivity contribution in [3.8, 4) is 5.75 Å². The number of nitrogens with zero attached hydrogens (tertiary/aromatic N) is 2. The molecule has 1 fully saturated rings. The van der Waals surface area contributed by atoms with Crippen molar-refractivity contribution in [3.63, 3.8) is 0 Å². The molecule has 33 heavy (non-hydrogen) atoms. The van der Waals surface area contributed by atoms with Crippen LogP contribution < -0.4 is 15.4 Å². The fourth-order valence-corrected chi connectivity index (χ4v) is 4.49. The first-order chi connectivity index (χ1) is 15.9. The SMILES string of the molecule is COCCn1ccc2c1NC(Cl)N=C2c1ccc(OCCC2CCNCC2)c(C(F)(F)F)c1. The highest BCUT2D eigenvalue weighted by molar-refractivity contribution is 6.26. The molecule has 1 aromatic heterocycles. The summed E-state index contributed by atoms with van der Waals surface area (Å²) in [6.07, 6.45) is 0.0686. The topological polar surface area (TPSA) is 59.8 Å². The van der Waals surface area contributed by atoms with Gasteiger partial charge in [-0.25, -0.2) is 4.99 Å². The maximum Gasteiger partial charge on any atom is 0.419 e. The second-order valence-corrected chi connectivity index (χ2v) is 8.67. The smallest absolute Gasteiger partial charge is 0.419 e. The van der Waals surface area contributed by atoms with E-state index in [0.717, 1.165) is 38.4 Å². The molecule has 0 bridgehead atoms. The summed E-state index contributed by atoms with van der Waals surface area (Å²) in [6.45, 7) is 3.22. The van der Waals surface area contributed by atoms with Crippen LogP contribution in [-0.2, 0) is 17.5 Å². The Balaban J connectivity index is 1.58. The summed E-state index contributed by atoms with van der Waals surface area (Å²) in [5, 5.41) is 6.35. The molecular formula is C23H28ClF3N4O2. The van der Waals surface area contributed by atoms with E-state index in [2.05, 4.69) is 15.6 Å². The Labute approximate surface area is 196 Å². The molecule has 1 aromatic carbocycles. The van der Waals surface area contributed by atoms with Crippen molar-refractivity contribution in [1.29, 1.82) is 0 Å². The Morgan fingerprint density at radius 1 is 1.18 bits per heavy atom. The molecule has 6 nitrogen and oxygen atoms in total. The lowest BCUT2D eigenvalue weighted by atomic mass is 9.95. The predicted octanol–water partition coefficient (Wildman–Crippen LogP) is 4.71. The van der Waals surface area contributed by atoms with E-state index in [4.69, 9.17) is 21.1 Å². The lowest BCUT2D eigenvalue weighted by Gasteiger charge is -2.24. The highest BCUT2D eigenvalue weighted by Crippen LogP contribution is 2.38. The molecular weight excluding hydrogens is 457 g/mol. The zero-order valence-electron chi connectivity index (χ0n) is 18.4. The molecule has 1 atom stereocenters. The fraction of sp³-hybridized carbons (Fsp3) is 0.522. The van der Waals surface area contributed by atoms with Crippen molar-refractivity contribution < 1.29 is 22.6 Å².